The van der Waals surface area contributed by atoms with Crippen LogP contribution in [-0.4, -0.2) is 26.1 Å². The van der Waals surface area contributed by atoms with E-state index in [1.54, 1.807) is 24.3 Å². The minimum atomic E-state index is -0.356. The molecule has 0 radical (unpaired) electrons. The Morgan fingerprint density at radius 2 is 1.93 bits per heavy atom. The number of carbonyl (C=O) groups is 1. The average molecular weight is 464 g/mol. The Kier molecular flexibility index (Phi) is 4.55. The predicted octanol–water partition coefficient (Wildman–Crippen LogP) is 4.94. The number of benzene rings is 3. The molecule has 2 heterocycles. The van der Waals surface area contributed by atoms with E-state index in [9.17, 15) is 9.18 Å². The largest absolute Gasteiger partial charge is 0.348 e. The summed E-state index contributed by atoms with van der Waals surface area (Å²) in [6, 6.07) is 17.6. The van der Waals surface area contributed by atoms with Crippen LogP contribution in [0.5, 0.6) is 0 Å². The van der Waals surface area contributed by atoms with Gasteiger partial charge in [0, 0.05) is 22.0 Å². The number of aromatic amines is 2. The maximum atomic E-state index is 13.5. The van der Waals surface area contributed by atoms with Gasteiger partial charge >= 0.3 is 0 Å². The standard InChI is InChI=1S/C22H15BrFN5O/c23-14-7-12(8-15(24)10-14)11-25-22(30)13-5-6-18-19(9-13)27-21(26-18)20-16-3-1-2-4-17(16)28-29-20/h1-10H,11H2,(H,25,30)(H,26,27)(H,28,29). The van der Waals surface area contributed by atoms with Crippen molar-refractivity contribution in [3.63, 3.8) is 0 Å². The van der Waals surface area contributed by atoms with E-state index in [-0.39, 0.29) is 18.3 Å². The number of carbonyl (C=O) groups excluding carboxylic acids is 1. The third-order valence-electron chi connectivity index (χ3n) is 4.81. The molecule has 0 aliphatic rings. The predicted molar refractivity (Wildman–Crippen MR) is 116 cm³/mol. The van der Waals surface area contributed by atoms with E-state index in [1.165, 1.54) is 12.1 Å². The number of fused-ring (bicyclic) bond motifs is 2. The fourth-order valence-corrected chi connectivity index (χ4v) is 3.92. The van der Waals surface area contributed by atoms with Crippen molar-refractivity contribution >= 4 is 43.8 Å². The summed E-state index contributed by atoms with van der Waals surface area (Å²) in [5, 5.41) is 11.1. The first-order valence-corrected chi connectivity index (χ1v) is 10.0. The summed E-state index contributed by atoms with van der Waals surface area (Å²) >= 11 is 3.25. The Bertz CT molecular complexity index is 1390. The lowest BCUT2D eigenvalue weighted by molar-refractivity contribution is 0.0951. The van der Waals surface area contributed by atoms with E-state index in [2.05, 4.69) is 41.4 Å². The normalized spacial score (nSPS) is 11.3. The highest BCUT2D eigenvalue weighted by molar-refractivity contribution is 9.10. The highest BCUT2D eigenvalue weighted by Crippen LogP contribution is 2.26. The van der Waals surface area contributed by atoms with Gasteiger partial charge in [-0.1, -0.05) is 34.1 Å². The lowest BCUT2D eigenvalue weighted by Crippen LogP contribution is -2.22. The molecule has 0 aliphatic carbocycles. The molecule has 2 aromatic heterocycles. The summed E-state index contributed by atoms with van der Waals surface area (Å²) in [7, 11) is 0. The van der Waals surface area contributed by atoms with Gasteiger partial charge in [-0.2, -0.15) is 5.10 Å². The van der Waals surface area contributed by atoms with Gasteiger partial charge in [-0.05, 0) is 48.0 Å². The van der Waals surface area contributed by atoms with Crippen LogP contribution in [0.25, 0.3) is 33.5 Å². The second-order valence-electron chi connectivity index (χ2n) is 6.90. The molecule has 0 saturated carbocycles. The molecule has 0 spiro atoms. The Hall–Kier alpha value is -3.52. The zero-order chi connectivity index (χ0) is 20.7. The van der Waals surface area contributed by atoms with E-state index in [4.69, 9.17) is 0 Å². The van der Waals surface area contributed by atoms with Crippen LogP contribution in [0.15, 0.2) is 65.1 Å². The van der Waals surface area contributed by atoms with Gasteiger partial charge in [0.1, 0.15) is 11.5 Å². The van der Waals surface area contributed by atoms with Crippen LogP contribution in [0.4, 0.5) is 4.39 Å². The number of hydrogen-bond acceptors (Lipinski definition) is 3. The number of H-pyrrole nitrogens is 2. The fraction of sp³-hybridized carbons (Fsp3) is 0.0455. The minimum absolute atomic E-state index is 0.223. The van der Waals surface area contributed by atoms with E-state index in [0.717, 1.165) is 27.6 Å². The van der Waals surface area contributed by atoms with Gasteiger partial charge in [0.15, 0.2) is 5.82 Å². The monoisotopic (exact) mass is 463 g/mol. The number of para-hydroxylation sites is 1. The average Bonchev–Trinajstić information content (AvgIpc) is 3.34. The van der Waals surface area contributed by atoms with Crippen LogP contribution < -0.4 is 5.32 Å². The summed E-state index contributed by atoms with van der Waals surface area (Å²) in [5.41, 5.74) is 4.29. The zero-order valence-electron chi connectivity index (χ0n) is 15.5. The van der Waals surface area contributed by atoms with Crippen LogP contribution in [0.1, 0.15) is 15.9 Å². The van der Waals surface area contributed by atoms with Gasteiger partial charge in [0.25, 0.3) is 5.91 Å². The SMILES string of the molecule is O=C(NCc1cc(F)cc(Br)c1)c1ccc2nc(-c3n[nH]c4ccccc34)[nH]c2c1. The molecule has 0 atom stereocenters. The quantitative estimate of drug-likeness (QED) is 0.352. The summed E-state index contributed by atoms with van der Waals surface area (Å²) in [6.45, 7) is 0.223. The van der Waals surface area contributed by atoms with Gasteiger partial charge in [-0.3, -0.25) is 9.89 Å². The molecular formula is C22H15BrFN5O. The van der Waals surface area contributed by atoms with Crippen LogP contribution in [0, 0.1) is 5.82 Å². The van der Waals surface area contributed by atoms with E-state index < -0.39 is 0 Å². The smallest absolute Gasteiger partial charge is 0.251 e. The second-order valence-corrected chi connectivity index (χ2v) is 7.81. The van der Waals surface area contributed by atoms with Crippen LogP contribution in [0.3, 0.4) is 0 Å². The molecule has 0 unspecified atom stereocenters. The molecular weight excluding hydrogens is 449 g/mol. The van der Waals surface area contributed by atoms with E-state index in [0.29, 0.717) is 21.4 Å². The number of halogens is 2. The second kappa shape index (κ2) is 7.38. The zero-order valence-corrected chi connectivity index (χ0v) is 17.1. The Balaban J connectivity index is 1.40. The maximum Gasteiger partial charge on any atom is 0.251 e. The van der Waals surface area contributed by atoms with Crippen molar-refractivity contribution < 1.29 is 9.18 Å². The number of nitrogens with zero attached hydrogens (tertiary/aromatic N) is 2. The molecule has 3 aromatic carbocycles. The van der Waals surface area contributed by atoms with Gasteiger partial charge in [-0.15, -0.1) is 0 Å². The number of aromatic nitrogens is 4. The molecule has 30 heavy (non-hydrogen) atoms. The molecule has 8 heteroatoms. The van der Waals surface area contributed by atoms with Crippen molar-refractivity contribution in [2.24, 2.45) is 0 Å². The van der Waals surface area contributed by atoms with Crippen molar-refractivity contribution in [1.82, 2.24) is 25.5 Å². The first-order chi connectivity index (χ1) is 14.6. The van der Waals surface area contributed by atoms with Crippen LogP contribution >= 0.6 is 15.9 Å². The highest BCUT2D eigenvalue weighted by Gasteiger charge is 2.14. The Morgan fingerprint density at radius 1 is 1.07 bits per heavy atom. The summed E-state index contributed by atoms with van der Waals surface area (Å²) in [4.78, 5) is 20.4. The number of rotatable bonds is 4. The topological polar surface area (TPSA) is 86.5 Å². The summed E-state index contributed by atoms with van der Waals surface area (Å²) < 4.78 is 14.1. The molecule has 0 fully saturated rings. The van der Waals surface area contributed by atoms with Crippen molar-refractivity contribution in [1.29, 1.82) is 0 Å². The third kappa shape index (κ3) is 3.46. The van der Waals surface area contributed by atoms with Gasteiger partial charge in [-0.25, -0.2) is 9.37 Å². The molecule has 148 valence electrons. The van der Waals surface area contributed by atoms with Crippen molar-refractivity contribution in [2.45, 2.75) is 6.54 Å². The number of amides is 1. The first-order valence-electron chi connectivity index (χ1n) is 9.23. The summed E-state index contributed by atoms with van der Waals surface area (Å²) in [5.74, 6) is 0.0224. The van der Waals surface area contributed by atoms with E-state index >= 15 is 0 Å². The van der Waals surface area contributed by atoms with E-state index in [1.807, 2.05) is 24.3 Å². The Morgan fingerprint density at radius 3 is 2.80 bits per heavy atom. The fourth-order valence-electron chi connectivity index (χ4n) is 3.40. The highest BCUT2D eigenvalue weighted by atomic mass is 79.9. The van der Waals surface area contributed by atoms with Crippen molar-refractivity contribution in [3.05, 3.63) is 82.1 Å². The molecule has 0 saturated heterocycles. The molecule has 0 bridgehead atoms. The molecule has 0 aliphatic heterocycles. The summed E-state index contributed by atoms with van der Waals surface area (Å²) in [6.07, 6.45) is 0. The van der Waals surface area contributed by atoms with Crippen molar-refractivity contribution in [3.8, 4) is 11.5 Å². The number of hydrogen-bond donors (Lipinski definition) is 3. The molecule has 3 N–H and O–H groups in total. The molecule has 5 aromatic rings. The van der Waals surface area contributed by atoms with Crippen LogP contribution in [-0.2, 0) is 6.54 Å². The lowest BCUT2D eigenvalue weighted by Gasteiger charge is -2.06. The van der Waals surface area contributed by atoms with Crippen molar-refractivity contribution in [2.75, 3.05) is 0 Å². The first kappa shape index (κ1) is 18.5. The maximum absolute atomic E-state index is 13.5. The molecule has 6 nitrogen and oxygen atoms in total. The molecule has 1 amide bonds. The third-order valence-corrected chi connectivity index (χ3v) is 5.27. The minimum Gasteiger partial charge on any atom is -0.348 e. The van der Waals surface area contributed by atoms with Gasteiger partial charge in [0.05, 0.1) is 16.6 Å². The van der Waals surface area contributed by atoms with Gasteiger partial charge < -0.3 is 10.3 Å². The molecule has 5 rings (SSSR count). The van der Waals surface area contributed by atoms with Gasteiger partial charge in [0.2, 0.25) is 0 Å². The number of nitrogens with one attached hydrogen (secondary N) is 3. The lowest BCUT2D eigenvalue weighted by atomic mass is 10.1. The van der Waals surface area contributed by atoms with Crippen LogP contribution in [0.2, 0.25) is 0 Å². The Labute approximate surface area is 178 Å². The number of imidazole rings is 1.